The van der Waals surface area contributed by atoms with Crippen LogP contribution in [0.25, 0.3) is 0 Å². The molecule has 0 bridgehead atoms. The number of hydrogen-bond donors (Lipinski definition) is 3. The number of aliphatic hydroxyl groups excluding tert-OH is 1. The number of fused-ring (bicyclic) bond motifs is 1. The van der Waals surface area contributed by atoms with E-state index >= 15 is 0 Å². The Labute approximate surface area is 211 Å². The number of rotatable bonds is 6. The highest BCUT2D eigenvalue weighted by atomic mass is 35.5. The normalized spacial score (nSPS) is 26.2. The Bertz CT molecular complexity index is 1290. The van der Waals surface area contributed by atoms with Gasteiger partial charge in [-0.1, -0.05) is 11.6 Å². The molecule has 5 rings (SSSR count). The van der Waals surface area contributed by atoms with Gasteiger partial charge in [0, 0.05) is 24.8 Å². The molecule has 3 atom stereocenters. The van der Waals surface area contributed by atoms with E-state index in [4.69, 9.17) is 11.6 Å². The van der Waals surface area contributed by atoms with Crippen molar-refractivity contribution in [2.45, 2.75) is 56.8 Å². The summed E-state index contributed by atoms with van der Waals surface area (Å²) in [5.41, 5.74) is 0.335. The number of halogens is 3. The summed E-state index contributed by atoms with van der Waals surface area (Å²) in [5, 5.41) is 27.4. The van der Waals surface area contributed by atoms with Gasteiger partial charge in [-0.3, -0.25) is 9.48 Å². The fourth-order valence-electron chi connectivity index (χ4n) is 5.97. The lowest BCUT2D eigenvalue weighted by Crippen LogP contribution is -2.24. The lowest BCUT2D eigenvalue weighted by atomic mass is 9.88. The molecule has 2 saturated carbocycles. The number of aliphatic hydroxyl groups is 2. The van der Waals surface area contributed by atoms with Gasteiger partial charge < -0.3 is 20.1 Å². The molecule has 36 heavy (non-hydrogen) atoms. The van der Waals surface area contributed by atoms with Gasteiger partial charge in [0.2, 0.25) is 5.95 Å². The van der Waals surface area contributed by atoms with E-state index in [0.29, 0.717) is 29.9 Å². The first-order valence-electron chi connectivity index (χ1n) is 12.0. The molecule has 1 amide bonds. The fourth-order valence-corrected chi connectivity index (χ4v) is 6.15. The number of hydrogen-bond acceptors (Lipinski definition) is 5. The minimum absolute atomic E-state index is 0.0196. The van der Waals surface area contributed by atoms with E-state index in [9.17, 15) is 23.8 Å². The third-order valence-electron chi connectivity index (χ3n) is 7.45. The van der Waals surface area contributed by atoms with Crippen LogP contribution < -0.4 is 5.32 Å². The summed E-state index contributed by atoms with van der Waals surface area (Å²) in [7, 11) is 1.74. The predicted octanol–water partition coefficient (Wildman–Crippen LogP) is 3.97. The van der Waals surface area contributed by atoms with E-state index in [0.717, 1.165) is 12.8 Å². The van der Waals surface area contributed by atoms with Crippen molar-refractivity contribution in [3.8, 4) is 0 Å². The molecule has 0 aliphatic heterocycles. The Hall–Kier alpha value is -2.82. The topological polar surface area (TPSA) is 105 Å². The van der Waals surface area contributed by atoms with Crippen LogP contribution in [0.4, 0.5) is 14.5 Å². The highest BCUT2D eigenvalue weighted by Gasteiger charge is 2.52. The van der Waals surface area contributed by atoms with Crippen LogP contribution in [0, 0.1) is 23.6 Å². The number of anilines is 1. The Morgan fingerprint density at radius 2 is 2.00 bits per heavy atom. The summed E-state index contributed by atoms with van der Waals surface area (Å²) in [5.74, 6) is -1.33. The number of carbonyl (C=O) groups excluding carboxylic acids is 1. The molecular formula is C25H28ClF2N5O3. The number of nitrogens with one attached hydrogen (secondary N) is 1. The van der Waals surface area contributed by atoms with Gasteiger partial charge in [0.1, 0.15) is 11.5 Å². The number of amides is 1. The van der Waals surface area contributed by atoms with E-state index in [1.54, 1.807) is 24.9 Å². The predicted molar refractivity (Wildman–Crippen MR) is 129 cm³/mol. The van der Waals surface area contributed by atoms with Crippen molar-refractivity contribution in [1.29, 1.82) is 0 Å². The van der Waals surface area contributed by atoms with Gasteiger partial charge in [-0.05, 0) is 62.6 Å². The number of aromatic nitrogens is 4. The first-order valence-corrected chi connectivity index (χ1v) is 12.3. The van der Waals surface area contributed by atoms with Gasteiger partial charge >= 0.3 is 0 Å². The van der Waals surface area contributed by atoms with Crippen LogP contribution in [0.15, 0.2) is 30.7 Å². The number of imidazole rings is 1. The second kappa shape index (κ2) is 9.24. The van der Waals surface area contributed by atoms with Gasteiger partial charge in [-0.15, -0.1) is 5.10 Å². The summed E-state index contributed by atoms with van der Waals surface area (Å²) in [4.78, 5) is 17.6. The van der Waals surface area contributed by atoms with Gasteiger partial charge in [0.05, 0.1) is 40.9 Å². The number of aryl methyl sites for hydroxylation is 1. The molecule has 0 spiro atoms. The summed E-state index contributed by atoms with van der Waals surface area (Å²) >= 11 is 5.84. The van der Waals surface area contributed by atoms with Crippen LogP contribution in [-0.4, -0.2) is 41.6 Å². The molecule has 0 saturated heterocycles. The third-order valence-corrected chi connectivity index (χ3v) is 7.74. The largest absolute Gasteiger partial charge is 0.391 e. The molecule has 2 fully saturated rings. The zero-order chi connectivity index (χ0) is 25.8. The van der Waals surface area contributed by atoms with Crippen molar-refractivity contribution in [3.05, 3.63) is 64.5 Å². The maximum absolute atomic E-state index is 14.6. The van der Waals surface area contributed by atoms with E-state index in [-0.39, 0.29) is 40.8 Å². The molecule has 0 radical (unpaired) electrons. The average Bonchev–Trinajstić information content (AvgIpc) is 3.52. The molecule has 11 heteroatoms. The third kappa shape index (κ3) is 4.53. The highest BCUT2D eigenvalue weighted by molar-refractivity contribution is 6.31. The maximum Gasteiger partial charge on any atom is 0.274 e. The monoisotopic (exact) mass is 519 g/mol. The van der Waals surface area contributed by atoms with Crippen molar-refractivity contribution in [1.82, 2.24) is 19.3 Å². The molecule has 3 unspecified atom stereocenters. The van der Waals surface area contributed by atoms with E-state index in [2.05, 4.69) is 15.4 Å². The van der Waals surface area contributed by atoms with E-state index in [1.165, 1.54) is 29.1 Å². The lowest BCUT2D eigenvalue weighted by molar-refractivity contribution is 0.0308. The molecule has 8 nitrogen and oxygen atoms in total. The van der Waals surface area contributed by atoms with Crippen molar-refractivity contribution in [3.63, 3.8) is 0 Å². The van der Waals surface area contributed by atoms with Crippen LogP contribution in [0.3, 0.4) is 0 Å². The number of benzene rings is 1. The molecule has 2 aliphatic rings. The van der Waals surface area contributed by atoms with Crippen LogP contribution in [0.5, 0.6) is 0 Å². The summed E-state index contributed by atoms with van der Waals surface area (Å²) in [6.45, 7) is 1.74. The minimum atomic E-state index is -1.31. The quantitative estimate of drug-likeness (QED) is 0.457. The van der Waals surface area contributed by atoms with Crippen molar-refractivity contribution >= 4 is 23.2 Å². The van der Waals surface area contributed by atoms with Crippen LogP contribution >= 0.6 is 11.6 Å². The van der Waals surface area contributed by atoms with Gasteiger partial charge in [-0.25, -0.2) is 9.37 Å². The Balaban J connectivity index is 1.30. The zero-order valence-corrected chi connectivity index (χ0v) is 20.7. The standard InChI is InChI=1S/C25H28ClF2N5O3/c1-13(34)10-33-11-18(23(28)31-33)25(36)8-15-5-14(6-16(15)9-25)21-22(32(2)12-29-21)24(35)30-17-3-4-20(27)19(26)7-17/h3-4,7,11-16,34,36H,5-6,8-10H2,1-2H3,(H,30,35). The number of carbonyl (C=O) groups is 1. The Morgan fingerprint density at radius 3 is 2.64 bits per heavy atom. The van der Waals surface area contributed by atoms with Gasteiger partial charge in [0.15, 0.2) is 0 Å². The Kier molecular flexibility index (Phi) is 6.38. The second-order valence-corrected chi connectivity index (χ2v) is 10.6. The van der Waals surface area contributed by atoms with E-state index in [1.807, 2.05) is 0 Å². The molecule has 3 aromatic rings. The summed E-state index contributed by atoms with van der Waals surface area (Å²) < 4.78 is 31.1. The SMILES string of the molecule is CC(O)Cn1cc(C2(O)CC3CC(c4ncn(C)c4C(=O)Nc4ccc(F)c(Cl)c4)CC3C2)c(F)n1. The molecule has 3 N–H and O–H groups in total. The first kappa shape index (κ1) is 24.9. The minimum Gasteiger partial charge on any atom is -0.391 e. The zero-order valence-electron chi connectivity index (χ0n) is 20.0. The second-order valence-electron chi connectivity index (χ2n) is 10.2. The van der Waals surface area contributed by atoms with Crippen LogP contribution in [0.2, 0.25) is 5.02 Å². The summed E-state index contributed by atoms with van der Waals surface area (Å²) in [6, 6.07) is 3.99. The van der Waals surface area contributed by atoms with Crippen LogP contribution in [-0.2, 0) is 19.2 Å². The van der Waals surface area contributed by atoms with Crippen molar-refractivity contribution < 1.29 is 23.8 Å². The molecule has 2 aromatic heterocycles. The Morgan fingerprint density at radius 1 is 1.31 bits per heavy atom. The van der Waals surface area contributed by atoms with Crippen molar-refractivity contribution in [2.24, 2.45) is 18.9 Å². The molecule has 2 heterocycles. The molecular weight excluding hydrogens is 492 g/mol. The fraction of sp³-hybridized carbons (Fsp3) is 0.480. The highest BCUT2D eigenvalue weighted by Crippen LogP contribution is 2.57. The number of nitrogens with zero attached hydrogens (tertiary/aromatic N) is 4. The smallest absolute Gasteiger partial charge is 0.274 e. The molecule has 1 aromatic carbocycles. The van der Waals surface area contributed by atoms with E-state index < -0.39 is 23.5 Å². The average molecular weight is 520 g/mol. The van der Waals surface area contributed by atoms with Crippen molar-refractivity contribution in [2.75, 3.05) is 5.32 Å². The maximum atomic E-state index is 14.6. The molecule has 2 aliphatic carbocycles. The van der Waals surface area contributed by atoms with Gasteiger partial charge in [0.25, 0.3) is 5.91 Å². The summed E-state index contributed by atoms with van der Waals surface area (Å²) in [6.07, 6.45) is 4.63. The first-order chi connectivity index (χ1) is 17.0. The lowest BCUT2D eigenvalue weighted by Gasteiger charge is -2.23. The van der Waals surface area contributed by atoms with Crippen LogP contribution in [0.1, 0.15) is 60.3 Å². The molecule has 192 valence electrons. The van der Waals surface area contributed by atoms with Gasteiger partial charge in [-0.2, -0.15) is 4.39 Å².